The minimum Gasteiger partial charge on any atom is -0.393 e. The van der Waals surface area contributed by atoms with Crippen LogP contribution in [-0.4, -0.2) is 29.7 Å². The fourth-order valence-electron chi connectivity index (χ4n) is 10.3. The molecular formula is C27H44O3. The minimum atomic E-state index is -0.282. The maximum atomic E-state index is 10.3. The Balaban J connectivity index is 1.26. The summed E-state index contributed by atoms with van der Waals surface area (Å²) in [6.45, 7) is 10.9. The van der Waals surface area contributed by atoms with Gasteiger partial charge in [0, 0.05) is 12.3 Å². The third-order valence-electron chi connectivity index (χ3n) is 11.9. The van der Waals surface area contributed by atoms with Crippen molar-refractivity contribution >= 4 is 0 Å². The lowest BCUT2D eigenvalue weighted by Crippen LogP contribution is -2.55. The topological polar surface area (TPSA) is 38.7 Å². The Morgan fingerprint density at radius 1 is 0.833 bits per heavy atom. The molecule has 6 rings (SSSR count). The highest BCUT2D eigenvalue weighted by Crippen LogP contribution is 2.71. The Bertz CT molecular complexity index is 684. The van der Waals surface area contributed by atoms with Gasteiger partial charge >= 0.3 is 0 Å². The summed E-state index contributed by atoms with van der Waals surface area (Å²) in [7, 11) is 0. The number of hydrogen-bond acceptors (Lipinski definition) is 3. The monoisotopic (exact) mass is 416 g/mol. The maximum absolute atomic E-state index is 10.3. The van der Waals surface area contributed by atoms with Crippen LogP contribution in [0.25, 0.3) is 0 Å². The minimum absolute atomic E-state index is 0.0389. The molecule has 0 aromatic rings. The summed E-state index contributed by atoms with van der Waals surface area (Å²) in [5.41, 5.74) is 0.899. The van der Waals surface area contributed by atoms with E-state index in [2.05, 4.69) is 27.7 Å². The molecule has 2 saturated heterocycles. The Morgan fingerprint density at radius 3 is 2.40 bits per heavy atom. The van der Waals surface area contributed by atoms with Crippen molar-refractivity contribution in [2.75, 3.05) is 6.61 Å². The fourth-order valence-corrected chi connectivity index (χ4v) is 10.3. The van der Waals surface area contributed by atoms with Crippen molar-refractivity contribution in [2.45, 2.75) is 110 Å². The smallest absolute Gasteiger partial charge is 0.171 e. The van der Waals surface area contributed by atoms with Gasteiger partial charge in [-0.1, -0.05) is 27.7 Å². The number of aliphatic hydroxyl groups excluding tert-OH is 1. The standard InChI is InChI=1S/C27H44O3/c1-16-7-12-27(29-15-16)17(2)24-23(30-27)14-22-20-6-5-18-13-19(28)8-10-25(18,3)21(20)9-11-26(22,24)4/h16-24,28H,5-15H2,1-4H3/t16?,17?,18-,19+,20?,21?,22?,23+,24?,25+,26+,27?/m1/s1. The van der Waals surface area contributed by atoms with Gasteiger partial charge < -0.3 is 14.6 Å². The third kappa shape index (κ3) is 2.61. The molecule has 12 atom stereocenters. The first-order chi connectivity index (χ1) is 14.3. The normalized spacial score (nSPS) is 62.5. The summed E-state index contributed by atoms with van der Waals surface area (Å²) in [5, 5.41) is 10.3. The second-order valence-corrected chi connectivity index (χ2v) is 13.1. The molecular weight excluding hydrogens is 372 g/mol. The van der Waals surface area contributed by atoms with E-state index in [1.165, 1.54) is 44.9 Å². The molecule has 1 spiro atoms. The second kappa shape index (κ2) is 6.70. The van der Waals surface area contributed by atoms with E-state index >= 15 is 0 Å². The van der Waals surface area contributed by atoms with E-state index in [1.807, 2.05) is 0 Å². The molecule has 7 unspecified atom stereocenters. The van der Waals surface area contributed by atoms with Crippen LogP contribution in [-0.2, 0) is 9.47 Å². The fraction of sp³-hybridized carbons (Fsp3) is 1.00. The molecule has 2 heterocycles. The van der Waals surface area contributed by atoms with Crippen LogP contribution in [0.2, 0.25) is 0 Å². The quantitative estimate of drug-likeness (QED) is 0.543. The van der Waals surface area contributed by atoms with Crippen molar-refractivity contribution in [1.82, 2.24) is 0 Å². The highest BCUT2D eigenvalue weighted by Gasteiger charge is 2.69. The lowest BCUT2D eigenvalue weighted by atomic mass is 9.44. The molecule has 0 radical (unpaired) electrons. The number of rotatable bonds is 0. The summed E-state index contributed by atoms with van der Waals surface area (Å²) in [5.74, 6) is 4.93. The van der Waals surface area contributed by atoms with E-state index < -0.39 is 0 Å². The molecule has 4 saturated carbocycles. The molecule has 0 aromatic carbocycles. The molecule has 6 aliphatic rings. The van der Waals surface area contributed by atoms with E-state index in [0.717, 1.165) is 49.5 Å². The van der Waals surface area contributed by atoms with Crippen LogP contribution in [0.1, 0.15) is 91.9 Å². The van der Waals surface area contributed by atoms with E-state index in [0.29, 0.717) is 34.7 Å². The van der Waals surface area contributed by atoms with Crippen LogP contribution in [0.4, 0.5) is 0 Å². The van der Waals surface area contributed by atoms with Gasteiger partial charge in [0.05, 0.1) is 18.8 Å². The highest BCUT2D eigenvalue weighted by molar-refractivity contribution is 5.15. The van der Waals surface area contributed by atoms with Crippen LogP contribution in [0.3, 0.4) is 0 Å². The number of hydrogen-bond donors (Lipinski definition) is 1. The molecule has 4 aliphatic carbocycles. The van der Waals surface area contributed by atoms with Crippen LogP contribution in [0, 0.1) is 52.3 Å². The third-order valence-corrected chi connectivity index (χ3v) is 11.9. The van der Waals surface area contributed by atoms with Gasteiger partial charge in [0.25, 0.3) is 0 Å². The van der Waals surface area contributed by atoms with Crippen molar-refractivity contribution in [2.24, 2.45) is 52.3 Å². The number of aliphatic hydroxyl groups is 1. The van der Waals surface area contributed by atoms with Gasteiger partial charge in [-0.2, -0.15) is 0 Å². The molecule has 6 fully saturated rings. The average Bonchev–Trinajstić information content (AvgIpc) is 3.16. The summed E-state index contributed by atoms with van der Waals surface area (Å²) < 4.78 is 13.4. The summed E-state index contributed by atoms with van der Waals surface area (Å²) in [4.78, 5) is 0. The van der Waals surface area contributed by atoms with E-state index in [9.17, 15) is 5.11 Å². The highest BCUT2D eigenvalue weighted by atomic mass is 16.7. The van der Waals surface area contributed by atoms with Gasteiger partial charge in [0.15, 0.2) is 5.79 Å². The Hall–Kier alpha value is -0.120. The molecule has 0 amide bonds. The van der Waals surface area contributed by atoms with Gasteiger partial charge in [0.1, 0.15) is 0 Å². The van der Waals surface area contributed by atoms with Crippen LogP contribution >= 0.6 is 0 Å². The second-order valence-electron chi connectivity index (χ2n) is 13.1. The van der Waals surface area contributed by atoms with Crippen molar-refractivity contribution in [3.63, 3.8) is 0 Å². The number of fused-ring (bicyclic) bond motifs is 7. The summed E-state index contributed by atoms with van der Waals surface area (Å²) in [6, 6.07) is 0. The van der Waals surface area contributed by atoms with Crippen molar-refractivity contribution in [1.29, 1.82) is 0 Å². The first-order valence-electron chi connectivity index (χ1n) is 13.3. The SMILES string of the molecule is CC1CCC2(OC1)O[C@H]1CC3C4CC[C@@H]5C[C@@H](O)CC[C@]5(C)C4CC[C@]3(C)C1C2C. The van der Waals surface area contributed by atoms with E-state index in [4.69, 9.17) is 9.47 Å². The lowest BCUT2D eigenvalue weighted by Gasteiger charge is -2.61. The van der Waals surface area contributed by atoms with Crippen LogP contribution in [0.5, 0.6) is 0 Å². The lowest BCUT2D eigenvalue weighted by molar-refractivity contribution is -0.273. The van der Waals surface area contributed by atoms with Crippen molar-refractivity contribution in [3.8, 4) is 0 Å². The van der Waals surface area contributed by atoms with Crippen molar-refractivity contribution in [3.05, 3.63) is 0 Å². The first-order valence-corrected chi connectivity index (χ1v) is 13.3. The van der Waals surface area contributed by atoms with Gasteiger partial charge in [0.2, 0.25) is 0 Å². The number of ether oxygens (including phenoxy) is 2. The summed E-state index contributed by atoms with van der Waals surface area (Å²) >= 11 is 0. The molecule has 0 bridgehead atoms. The molecule has 3 heteroatoms. The summed E-state index contributed by atoms with van der Waals surface area (Å²) in [6.07, 6.45) is 12.9. The predicted octanol–water partition coefficient (Wildman–Crippen LogP) is 5.79. The largest absolute Gasteiger partial charge is 0.393 e. The van der Waals surface area contributed by atoms with Gasteiger partial charge in [-0.3, -0.25) is 0 Å². The van der Waals surface area contributed by atoms with E-state index in [1.54, 1.807) is 0 Å². The zero-order valence-electron chi connectivity index (χ0n) is 19.7. The molecule has 2 aliphatic heterocycles. The Morgan fingerprint density at radius 2 is 1.63 bits per heavy atom. The maximum Gasteiger partial charge on any atom is 0.171 e. The van der Waals surface area contributed by atoms with Gasteiger partial charge in [-0.05, 0) is 104 Å². The molecule has 170 valence electrons. The van der Waals surface area contributed by atoms with Crippen LogP contribution in [0.15, 0.2) is 0 Å². The van der Waals surface area contributed by atoms with Crippen molar-refractivity contribution < 1.29 is 14.6 Å². The first kappa shape index (κ1) is 20.5. The van der Waals surface area contributed by atoms with E-state index in [-0.39, 0.29) is 11.9 Å². The van der Waals surface area contributed by atoms with Gasteiger partial charge in [-0.25, -0.2) is 0 Å². The molecule has 1 N–H and O–H groups in total. The Kier molecular flexibility index (Phi) is 4.58. The van der Waals surface area contributed by atoms with Gasteiger partial charge in [-0.15, -0.1) is 0 Å². The zero-order valence-corrected chi connectivity index (χ0v) is 19.7. The zero-order chi connectivity index (χ0) is 20.9. The molecule has 0 aromatic heterocycles. The predicted molar refractivity (Wildman–Crippen MR) is 118 cm³/mol. The van der Waals surface area contributed by atoms with Crippen LogP contribution < -0.4 is 0 Å². The molecule has 3 nitrogen and oxygen atoms in total. The average molecular weight is 417 g/mol. The molecule has 30 heavy (non-hydrogen) atoms. The Labute approximate surface area is 183 Å².